The molecule has 0 saturated carbocycles. The Morgan fingerprint density at radius 2 is 2.16 bits per heavy atom. The lowest BCUT2D eigenvalue weighted by Gasteiger charge is -2.08. The molecule has 19 heavy (non-hydrogen) atoms. The van der Waals surface area contributed by atoms with Crippen LogP contribution in [0.15, 0.2) is 50.9 Å². The summed E-state index contributed by atoms with van der Waals surface area (Å²) in [6, 6.07) is 9.28. The van der Waals surface area contributed by atoms with Gasteiger partial charge in [0.05, 0.1) is 24.6 Å². The zero-order valence-electron chi connectivity index (χ0n) is 10.1. The van der Waals surface area contributed by atoms with E-state index in [2.05, 4.69) is 20.9 Å². The van der Waals surface area contributed by atoms with Gasteiger partial charge in [-0.2, -0.15) is 0 Å². The van der Waals surface area contributed by atoms with Crippen LogP contribution in [0.1, 0.15) is 10.4 Å². The predicted molar refractivity (Wildman–Crippen MR) is 78.3 cm³/mol. The van der Waals surface area contributed by atoms with E-state index in [0.29, 0.717) is 16.3 Å². The SMILES string of the molecule is COC(=O)c1cc(N)cnc1Sc1ccccc1Br. The molecule has 0 unspecified atom stereocenters. The van der Waals surface area contributed by atoms with Gasteiger partial charge in [0, 0.05) is 9.37 Å². The van der Waals surface area contributed by atoms with Crippen LogP contribution in [0.4, 0.5) is 5.69 Å². The van der Waals surface area contributed by atoms with Gasteiger partial charge in [-0.3, -0.25) is 0 Å². The number of carbonyl (C=O) groups is 1. The summed E-state index contributed by atoms with van der Waals surface area (Å²) in [4.78, 5) is 16.9. The predicted octanol–water partition coefficient (Wildman–Crippen LogP) is 3.36. The molecule has 0 aliphatic rings. The molecule has 0 atom stereocenters. The molecule has 0 spiro atoms. The van der Waals surface area contributed by atoms with Crippen molar-refractivity contribution in [3.05, 3.63) is 46.6 Å². The second-order valence-corrected chi connectivity index (χ2v) is 5.53. The zero-order valence-corrected chi connectivity index (χ0v) is 12.5. The van der Waals surface area contributed by atoms with E-state index in [0.717, 1.165) is 9.37 Å². The summed E-state index contributed by atoms with van der Waals surface area (Å²) in [6.07, 6.45) is 1.52. The van der Waals surface area contributed by atoms with Gasteiger partial charge in [-0.15, -0.1) is 0 Å². The normalized spacial score (nSPS) is 10.2. The van der Waals surface area contributed by atoms with Gasteiger partial charge < -0.3 is 10.5 Å². The topological polar surface area (TPSA) is 65.2 Å². The number of aromatic nitrogens is 1. The average Bonchev–Trinajstić information content (AvgIpc) is 2.42. The number of pyridine rings is 1. The highest BCUT2D eigenvalue weighted by Gasteiger charge is 2.15. The summed E-state index contributed by atoms with van der Waals surface area (Å²) < 4.78 is 5.68. The summed E-state index contributed by atoms with van der Waals surface area (Å²) in [5.41, 5.74) is 6.45. The molecule has 2 aromatic rings. The van der Waals surface area contributed by atoms with Gasteiger partial charge in [0.1, 0.15) is 5.03 Å². The number of hydrogen-bond acceptors (Lipinski definition) is 5. The molecule has 0 aliphatic carbocycles. The van der Waals surface area contributed by atoms with Crippen molar-refractivity contribution in [2.24, 2.45) is 0 Å². The van der Waals surface area contributed by atoms with E-state index in [4.69, 9.17) is 10.5 Å². The molecular formula is C13H11BrN2O2S. The van der Waals surface area contributed by atoms with Gasteiger partial charge in [-0.1, -0.05) is 23.9 Å². The van der Waals surface area contributed by atoms with Crippen molar-refractivity contribution in [2.75, 3.05) is 12.8 Å². The standard InChI is InChI=1S/C13H11BrN2O2S/c1-18-13(17)9-6-8(15)7-16-12(9)19-11-5-3-2-4-10(11)14/h2-7H,15H2,1H3. The van der Waals surface area contributed by atoms with Crippen LogP contribution >= 0.6 is 27.7 Å². The van der Waals surface area contributed by atoms with E-state index in [1.807, 2.05) is 24.3 Å². The maximum Gasteiger partial charge on any atom is 0.340 e. The molecule has 1 aromatic carbocycles. The van der Waals surface area contributed by atoms with E-state index in [1.54, 1.807) is 6.07 Å². The molecule has 0 bridgehead atoms. The molecule has 98 valence electrons. The molecule has 2 N–H and O–H groups in total. The number of hydrogen-bond donors (Lipinski definition) is 1. The third-order valence-electron chi connectivity index (χ3n) is 2.32. The van der Waals surface area contributed by atoms with Gasteiger partial charge in [0.15, 0.2) is 0 Å². The fourth-order valence-corrected chi connectivity index (χ4v) is 2.84. The lowest BCUT2D eigenvalue weighted by molar-refractivity contribution is 0.0596. The Balaban J connectivity index is 2.40. The number of benzene rings is 1. The summed E-state index contributed by atoms with van der Waals surface area (Å²) in [5.74, 6) is -0.450. The van der Waals surface area contributed by atoms with Gasteiger partial charge in [-0.25, -0.2) is 9.78 Å². The lowest BCUT2D eigenvalue weighted by Crippen LogP contribution is -2.05. The van der Waals surface area contributed by atoms with Crippen LogP contribution < -0.4 is 5.73 Å². The van der Waals surface area contributed by atoms with Gasteiger partial charge in [0.25, 0.3) is 0 Å². The van der Waals surface area contributed by atoms with Crippen molar-refractivity contribution in [2.45, 2.75) is 9.92 Å². The highest BCUT2D eigenvalue weighted by atomic mass is 79.9. The van der Waals surface area contributed by atoms with Gasteiger partial charge >= 0.3 is 5.97 Å². The van der Waals surface area contributed by atoms with Crippen LogP contribution in [0.25, 0.3) is 0 Å². The number of halogens is 1. The fraction of sp³-hybridized carbons (Fsp3) is 0.0769. The monoisotopic (exact) mass is 338 g/mol. The van der Waals surface area contributed by atoms with Crippen molar-refractivity contribution in [1.82, 2.24) is 4.98 Å². The Morgan fingerprint density at radius 3 is 2.84 bits per heavy atom. The number of methoxy groups -OCH3 is 1. The molecule has 0 aliphatic heterocycles. The van der Waals surface area contributed by atoms with Crippen molar-refractivity contribution in [3.8, 4) is 0 Å². The van der Waals surface area contributed by atoms with E-state index in [1.165, 1.54) is 25.1 Å². The summed E-state index contributed by atoms with van der Waals surface area (Å²) in [7, 11) is 1.33. The van der Waals surface area contributed by atoms with E-state index < -0.39 is 5.97 Å². The maximum absolute atomic E-state index is 11.7. The van der Waals surface area contributed by atoms with Crippen molar-refractivity contribution >= 4 is 39.3 Å². The number of nitrogens with zero attached hydrogens (tertiary/aromatic N) is 1. The smallest absolute Gasteiger partial charge is 0.340 e. The molecule has 0 saturated heterocycles. The second kappa shape index (κ2) is 6.08. The van der Waals surface area contributed by atoms with Gasteiger partial charge in [0.2, 0.25) is 0 Å². The largest absolute Gasteiger partial charge is 0.465 e. The summed E-state index contributed by atoms with van der Waals surface area (Å²) >= 11 is 4.84. The quantitative estimate of drug-likeness (QED) is 0.869. The molecule has 4 nitrogen and oxygen atoms in total. The number of carbonyl (C=O) groups excluding carboxylic acids is 1. The molecular weight excluding hydrogens is 328 g/mol. The molecule has 1 aromatic heterocycles. The van der Waals surface area contributed by atoms with Crippen molar-refractivity contribution in [3.63, 3.8) is 0 Å². The van der Waals surface area contributed by atoms with Crippen LogP contribution in [-0.2, 0) is 4.74 Å². The van der Waals surface area contributed by atoms with Crippen molar-refractivity contribution < 1.29 is 9.53 Å². The number of ether oxygens (including phenoxy) is 1. The Labute approximate surface area is 123 Å². The first-order valence-corrected chi connectivity index (χ1v) is 6.99. The number of esters is 1. The third kappa shape index (κ3) is 3.27. The van der Waals surface area contributed by atoms with Crippen LogP contribution in [0, 0.1) is 0 Å². The Kier molecular flexibility index (Phi) is 4.44. The maximum atomic E-state index is 11.7. The molecule has 0 radical (unpaired) electrons. The molecule has 2 rings (SSSR count). The van der Waals surface area contributed by atoms with Crippen LogP contribution in [0.2, 0.25) is 0 Å². The molecule has 0 fully saturated rings. The number of anilines is 1. The zero-order chi connectivity index (χ0) is 13.8. The number of nitrogens with two attached hydrogens (primary N) is 1. The van der Waals surface area contributed by atoms with Crippen LogP contribution in [-0.4, -0.2) is 18.1 Å². The fourth-order valence-electron chi connectivity index (χ4n) is 1.44. The van der Waals surface area contributed by atoms with E-state index >= 15 is 0 Å². The van der Waals surface area contributed by atoms with Crippen LogP contribution in [0.5, 0.6) is 0 Å². The number of rotatable bonds is 3. The van der Waals surface area contributed by atoms with Gasteiger partial charge in [-0.05, 0) is 34.1 Å². The first-order valence-electron chi connectivity index (χ1n) is 5.38. The summed E-state index contributed by atoms with van der Waals surface area (Å²) in [6.45, 7) is 0. The summed E-state index contributed by atoms with van der Waals surface area (Å²) in [5, 5.41) is 0.563. The highest BCUT2D eigenvalue weighted by Crippen LogP contribution is 2.34. The Bertz CT molecular complexity index is 619. The van der Waals surface area contributed by atoms with E-state index in [9.17, 15) is 4.79 Å². The first kappa shape index (κ1) is 13.9. The van der Waals surface area contributed by atoms with Crippen molar-refractivity contribution in [1.29, 1.82) is 0 Å². The molecule has 1 heterocycles. The highest BCUT2D eigenvalue weighted by molar-refractivity contribution is 9.10. The minimum Gasteiger partial charge on any atom is -0.465 e. The second-order valence-electron chi connectivity index (χ2n) is 3.65. The lowest BCUT2D eigenvalue weighted by atomic mass is 10.3. The average molecular weight is 339 g/mol. The van der Waals surface area contributed by atoms with E-state index in [-0.39, 0.29) is 0 Å². The minimum atomic E-state index is -0.450. The van der Waals surface area contributed by atoms with Crippen LogP contribution in [0.3, 0.4) is 0 Å². The first-order chi connectivity index (χ1) is 9.11. The minimum absolute atomic E-state index is 0.364. The number of nitrogen functional groups attached to an aromatic ring is 1. The molecule has 0 amide bonds. The third-order valence-corrected chi connectivity index (χ3v) is 4.37. The Morgan fingerprint density at radius 1 is 1.42 bits per heavy atom. The molecule has 6 heteroatoms. The Hall–Kier alpha value is -1.53.